The third-order valence-corrected chi connectivity index (χ3v) is 8.67. The summed E-state index contributed by atoms with van der Waals surface area (Å²) in [7, 11) is 6.06. The van der Waals surface area contributed by atoms with Gasteiger partial charge < -0.3 is 0 Å². The van der Waals surface area contributed by atoms with E-state index in [2.05, 4.69) is 56.0 Å². The van der Waals surface area contributed by atoms with Crippen molar-refractivity contribution in [2.45, 2.75) is 43.9 Å². The minimum absolute atomic E-state index is 0.785. The first-order valence-corrected chi connectivity index (χ1v) is 10.1. The van der Waals surface area contributed by atoms with Gasteiger partial charge in [-0.25, -0.2) is 0 Å². The van der Waals surface area contributed by atoms with Crippen molar-refractivity contribution in [1.29, 1.82) is 0 Å². The SMILES string of the molecule is Brc1cc2c(cc1Br)C1CC3CC4CC2CC43C1.[B][B]B=S. The van der Waals surface area contributed by atoms with Crippen molar-refractivity contribution in [3.8, 4) is 0 Å². The predicted molar refractivity (Wildman–Crippen MR) is 105 cm³/mol. The third-order valence-electron chi connectivity index (χ3n) is 6.67. The van der Waals surface area contributed by atoms with E-state index in [4.69, 9.17) is 7.74 Å². The molecule has 6 heteroatoms. The van der Waals surface area contributed by atoms with Gasteiger partial charge in [-0.15, -0.1) is 0 Å². The topological polar surface area (TPSA) is 0 Å². The van der Waals surface area contributed by atoms with E-state index in [-0.39, 0.29) is 0 Å². The molecule has 1 aromatic rings. The summed E-state index contributed by atoms with van der Waals surface area (Å²) in [4.78, 5) is 0. The van der Waals surface area contributed by atoms with Gasteiger partial charge in [0.2, 0.25) is 0 Å². The van der Waals surface area contributed by atoms with E-state index >= 15 is 0 Å². The summed E-state index contributed by atoms with van der Waals surface area (Å²) in [6.45, 7) is 0. The van der Waals surface area contributed by atoms with Crippen LogP contribution in [0.1, 0.15) is 55.1 Å². The number of hydrogen-bond donors (Lipinski definition) is 0. The average molecular weight is 433 g/mol. The molecule has 0 heterocycles. The maximum absolute atomic E-state index is 4.74. The molecule has 0 N–H and O–H groups in total. The molecule has 3 saturated carbocycles. The normalized spacial score (nSPS) is 38.8. The second-order valence-corrected chi connectivity index (χ2v) is 9.34. The molecule has 0 aromatic heterocycles. The molecular formula is C16H16B3Br2S. The van der Waals surface area contributed by atoms with E-state index in [1.54, 1.807) is 17.5 Å². The average Bonchev–Trinajstić information content (AvgIpc) is 2.93. The molecule has 3 fully saturated rings. The quantitative estimate of drug-likeness (QED) is 0.556. The Bertz CT molecular complexity index is 587. The zero-order valence-corrected chi connectivity index (χ0v) is 16.4. The number of halogens is 2. The summed E-state index contributed by atoms with van der Waals surface area (Å²) < 4.78 is 2.49. The van der Waals surface area contributed by atoms with Crippen molar-refractivity contribution in [3.05, 3.63) is 32.2 Å². The molecule has 0 amide bonds. The van der Waals surface area contributed by atoms with E-state index < -0.39 is 0 Å². The first kappa shape index (κ1) is 16.1. The van der Waals surface area contributed by atoms with Gasteiger partial charge in [-0.2, -0.15) is 0 Å². The summed E-state index contributed by atoms with van der Waals surface area (Å²) in [6.07, 6.45) is 7.50. The van der Waals surface area contributed by atoms with E-state index in [1.165, 1.54) is 47.7 Å². The Balaban J connectivity index is 0.000000283. The molecule has 4 aliphatic rings. The van der Waals surface area contributed by atoms with E-state index in [0.717, 1.165) is 29.1 Å². The fourth-order valence-corrected chi connectivity index (χ4v) is 6.65. The van der Waals surface area contributed by atoms with Crippen LogP contribution in [0.25, 0.3) is 0 Å². The zero-order valence-electron chi connectivity index (χ0n) is 12.4. The Morgan fingerprint density at radius 2 is 1.45 bits per heavy atom. The van der Waals surface area contributed by atoms with Gasteiger partial charge in [0, 0.05) is 8.95 Å². The molecule has 3 bridgehead atoms. The van der Waals surface area contributed by atoms with E-state index in [9.17, 15) is 0 Å². The van der Waals surface area contributed by atoms with Crippen LogP contribution in [0.2, 0.25) is 0 Å². The second-order valence-electron chi connectivity index (χ2n) is 7.36. The monoisotopic (exact) mass is 431 g/mol. The number of hydrogen-bond acceptors (Lipinski definition) is 1. The van der Waals surface area contributed by atoms with Crippen LogP contribution < -0.4 is 0 Å². The molecule has 1 spiro atoms. The molecule has 1 aromatic carbocycles. The van der Waals surface area contributed by atoms with Gasteiger partial charge in [-0.05, 0) is 116 Å². The van der Waals surface area contributed by atoms with Crippen molar-refractivity contribution in [1.82, 2.24) is 0 Å². The molecule has 4 atom stereocenters. The van der Waals surface area contributed by atoms with Crippen molar-refractivity contribution in [2.24, 2.45) is 17.3 Å². The molecule has 0 aliphatic heterocycles. The molecule has 5 rings (SSSR count). The van der Waals surface area contributed by atoms with Crippen molar-refractivity contribution in [3.63, 3.8) is 0 Å². The summed E-state index contributed by atoms with van der Waals surface area (Å²) in [6, 6.07) is 6.20. The number of rotatable bonds is 1. The van der Waals surface area contributed by atoms with Crippen LogP contribution >= 0.6 is 43.9 Å². The predicted octanol–water partition coefficient (Wildman–Crippen LogP) is 5.11. The maximum atomic E-state index is 4.74. The first-order chi connectivity index (χ1) is 10.6. The Hall–Kier alpha value is 0.595. The van der Waals surface area contributed by atoms with Gasteiger partial charge in [0.05, 0.1) is 0 Å². The minimum atomic E-state index is 0.785. The van der Waals surface area contributed by atoms with Crippen molar-refractivity contribution < 1.29 is 0 Å². The van der Waals surface area contributed by atoms with Gasteiger partial charge in [0.1, 0.15) is 0 Å². The second kappa shape index (κ2) is 5.84. The van der Waals surface area contributed by atoms with Gasteiger partial charge in [-0.1, -0.05) is 0 Å². The van der Waals surface area contributed by atoms with Crippen LogP contribution in [0, 0.1) is 17.3 Å². The van der Waals surface area contributed by atoms with Crippen LogP contribution in [0.3, 0.4) is 0 Å². The zero-order chi connectivity index (χ0) is 15.5. The van der Waals surface area contributed by atoms with Crippen LogP contribution in [0.4, 0.5) is 0 Å². The summed E-state index contributed by atoms with van der Waals surface area (Å²) in [5.74, 6) is 3.88. The Morgan fingerprint density at radius 3 is 1.86 bits per heavy atom. The number of benzene rings is 1. The molecule has 109 valence electrons. The van der Waals surface area contributed by atoms with Gasteiger partial charge >= 0.3 is 32.9 Å². The molecule has 22 heavy (non-hydrogen) atoms. The molecule has 3 radical (unpaired) electrons. The molecule has 0 nitrogen and oxygen atoms in total. The van der Waals surface area contributed by atoms with E-state index in [1.807, 2.05) is 0 Å². The summed E-state index contributed by atoms with van der Waals surface area (Å²) in [5.41, 5.74) is 4.15. The Labute approximate surface area is 157 Å². The Morgan fingerprint density at radius 1 is 1.00 bits per heavy atom. The van der Waals surface area contributed by atoms with Crippen LogP contribution in [-0.2, 0) is 0 Å². The molecule has 4 unspecified atom stereocenters. The molecule has 0 saturated heterocycles. The molecular weight excluding hydrogens is 416 g/mol. The van der Waals surface area contributed by atoms with Crippen LogP contribution in [0.5, 0.6) is 0 Å². The fourth-order valence-electron chi connectivity index (χ4n) is 5.93. The van der Waals surface area contributed by atoms with Crippen molar-refractivity contribution in [2.75, 3.05) is 0 Å². The third kappa shape index (κ3) is 2.23. The molecule has 4 aliphatic carbocycles. The Kier molecular flexibility index (Phi) is 4.27. The van der Waals surface area contributed by atoms with Gasteiger partial charge in [0.25, 0.3) is 0 Å². The van der Waals surface area contributed by atoms with Crippen LogP contribution in [-0.4, -0.2) is 20.8 Å². The fraction of sp³-hybridized carbons (Fsp3) is 0.625. The number of fused-ring (bicyclic) bond motifs is 5. The standard InChI is InChI=1S/C16H16Br2.B3S/c17-14-4-12-8-1-10-3-11-2-9(7-16(10,11)6-8)13(12)5-15(14)18;1-2-3-4/h4-5,8-11H,1-3,6-7H2;. The van der Waals surface area contributed by atoms with E-state index in [0.29, 0.717) is 0 Å². The summed E-state index contributed by atoms with van der Waals surface area (Å²) >= 11 is 11.6. The summed E-state index contributed by atoms with van der Waals surface area (Å²) in [5, 5.41) is 0. The van der Waals surface area contributed by atoms with Gasteiger partial charge in [0.15, 0.2) is 0 Å². The van der Waals surface area contributed by atoms with Crippen LogP contribution in [0.15, 0.2) is 21.1 Å². The van der Waals surface area contributed by atoms with Crippen molar-refractivity contribution >= 4 is 64.8 Å². The van der Waals surface area contributed by atoms with Gasteiger partial charge in [-0.3, -0.25) is 0 Å². The first-order valence-electron chi connectivity index (χ1n) is 8.06.